The molecule has 2 nitrogen and oxygen atoms in total. The predicted molar refractivity (Wildman–Crippen MR) is 94.7 cm³/mol. The number of allylic oxidation sites excluding steroid dienone is 2. The molecule has 1 saturated carbocycles. The van der Waals surface area contributed by atoms with E-state index in [1.165, 1.54) is 70.5 Å². The third-order valence-corrected chi connectivity index (χ3v) is 6.47. The smallest absolute Gasteiger partial charge is 0.127 e. The van der Waals surface area contributed by atoms with E-state index in [2.05, 4.69) is 42.5 Å². The number of piperazine rings is 1. The molecule has 3 atom stereocenters. The molecule has 124 valence electrons. The summed E-state index contributed by atoms with van der Waals surface area (Å²) in [7, 11) is 0. The molecule has 0 unspecified atom stereocenters. The fourth-order valence-corrected chi connectivity index (χ4v) is 5.10. The number of nitrogens with one attached hydrogen (secondary N) is 2. The maximum Gasteiger partial charge on any atom is 0.127 e. The molecule has 3 aliphatic rings. The van der Waals surface area contributed by atoms with Crippen LogP contribution in [0.15, 0.2) is 42.5 Å². The lowest BCUT2D eigenvalue weighted by molar-refractivity contribution is -1.01. The van der Waals surface area contributed by atoms with Gasteiger partial charge in [-0.2, -0.15) is 0 Å². The average Bonchev–Trinajstić information content (AvgIpc) is 3.20. The van der Waals surface area contributed by atoms with Gasteiger partial charge in [-0.25, -0.2) is 0 Å². The predicted octanol–water partition coefficient (Wildman–Crippen LogP) is 0.615. The molecule has 1 saturated heterocycles. The first-order valence-corrected chi connectivity index (χ1v) is 9.76. The van der Waals surface area contributed by atoms with Crippen molar-refractivity contribution in [3.63, 3.8) is 0 Å². The fraction of sp³-hybridized carbons (Fsp3) is 0.619. The monoisotopic (exact) mass is 312 g/mol. The molecule has 1 aromatic rings. The molecule has 23 heavy (non-hydrogen) atoms. The molecule has 2 bridgehead atoms. The highest BCUT2D eigenvalue weighted by molar-refractivity contribution is 5.14. The Balaban J connectivity index is 1.14. The third-order valence-electron chi connectivity index (χ3n) is 6.47. The van der Waals surface area contributed by atoms with Gasteiger partial charge < -0.3 is 9.80 Å². The summed E-state index contributed by atoms with van der Waals surface area (Å²) in [5, 5.41) is 0. The lowest BCUT2D eigenvalue weighted by Gasteiger charge is -2.32. The van der Waals surface area contributed by atoms with Crippen molar-refractivity contribution >= 4 is 0 Å². The van der Waals surface area contributed by atoms with Crippen molar-refractivity contribution in [1.82, 2.24) is 0 Å². The van der Waals surface area contributed by atoms with Crippen LogP contribution in [0.3, 0.4) is 0 Å². The summed E-state index contributed by atoms with van der Waals surface area (Å²) in [5.41, 5.74) is 1.50. The van der Waals surface area contributed by atoms with Gasteiger partial charge in [0.2, 0.25) is 0 Å². The zero-order chi connectivity index (χ0) is 15.5. The van der Waals surface area contributed by atoms with Crippen molar-refractivity contribution in [2.75, 3.05) is 39.3 Å². The molecule has 1 aliphatic heterocycles. The summed E-state index contributed by atoms with van der Waals surface area (Å²) in [4.78, 5) is 3.74. The van der Waals surface area contributed by atoms with Crippen LogP contribution < -0.4 is 9.80 Å². The molecule has 1 aromatic carbocycles. The number of rotatable bonds is 6. The van der Waals surface area contributed by atoms with Crippen LogP contribution in [-0.4, -0.2) is 39.3 Å². The number of fused-ring (bicyclic) bond motifs is 2. The van der Waals surface area contributed by atoms with E-state index in [0.29, 0.717) is 0 Å². The Morgan fingerprint density at radius 2 is 1.65 bits per heavy atom. The van der Waals surface area contributed by atoms with Gasteiger partial charge in [-0.1, -0.05) is 42.5 Å². The van der Waals surface area contributed by atoms with Gasteiger partial charge in [0.25, 0.3) is 0 Å². The van der Waals surface area contributed by atoms with Crippen molar-refractivity contribution in [3.05, 3.63) is 48.0 Å². The molecule has 4 rings (SSSR count). The summed E-state index contributed by atoms with van der Waals surface area (Å²) < 4.78 is 0. The Hall–Kier alpha value is -1.12. The largest absolute Gasteiger partial charge is 0.326 e. The summed E-state index contributed by atoms with van der Waals surface area (Å²) in [5.74, 6) is 2.87. The third kappa shape index (κ3) is 3.87. The summed E-state index contributed by atoms with van der Waals surface area (Å²) >= 11 is 0. The number of hydrogen-bond acceptors (Lipinski definition) is 0. The summed E-state index contributed by atoms with van der Waals surface area (Å²) in [6, 6.07) is 11.0. The minimum Gasteiger partial charge on any atom is -0.326 e. The van der Waals surface area contributed by atoms with Crippen molar-refractivity contribution in [3.8, 4) is 0 Å². The maximum atomic E-state index is 2.52. The highest BCUT2D eigenvalue weighted by Gasteiger charge is 2.38. The quantitative estimate of drug-likeness (QED) is 0.713. The molecule has 2 aliphatic carbocycles. The van der Waals surface area contributed by atoms with E-state index in [4.69, 9.17) is 0 Å². The Labute approximate surface area is 141 Å². The van der Waals surface area contributed by atoms with E-state index in [-0.39, 0.29) is 0 Å². The van der Waals surface area contributed by atoms with E-state index >= 15 is 0 Å². The topological polar surface area (TPSA) is 8.88 Å². The highest BCUT2D eigenvalue weighted by atomic mass is 15.3. The second kappa shape index (κ2) is 7.19. The van der Waals surface area contributed by atoms with Crippen LogP contribution in [0.2, 0.25) is 0 Å². The van der Waals surface area contributed by atoms with Crippen molar-refractivity contribution < 1.29 is 9.80 Å². The molecule has 2 heteroatoms. The normalized spacial score (nSPS) is 35.7. The first kappa shape index (κ1) is 15.4. The van der Waals surface area contributed by atoms with Gasteiger partial charge in [-0.15, -0.1) is 0 Å². The molecule has 2 N–H and O–H groups in total. The highest BCUT2D eigenvalue weighted by Crippen LogP contribution is 2.42. The van der Waals surface area contributed by atoms with Crippen LogP contribution >= 0.6 is 0 Å². The molecule has 0 spiro atoms. The molecule has 0 radical (unpaired) electrons. The molecule has 2 fully saturated rings. The molecular weight excluding hydrogens is 280 g/mol. The zero-order valence-corrected chi connectivity index (χ0v) is 14.3. The number of hydrogen-bond donors (Lipinski definition) is 2. The van der Waals surface area contributed by atoms with Crippen LogP contribution in [0.5, 0.6) is 0 Å². The van der Waals surface area contributed by atoms with E-state index in [1.54, 1.807) is 0 Å². The van der Waals surface area contributed by atoms with Crippen molar-refractivity contribution in [1.29, 1.82) is 0 Å². The zero-order valence-electron chi connectivity index (χ0n) is 14.3. The minimum atomic E-state index is 0.934. The van der Waals surface area contributed by atoms with Gasteiger partial charge in [0.15, 0.2) is 0 Å². The maximum absolute atomic E-state index is 2.52. The Bertz CT molecular complexity index is 516. The molecule has 0 amide bonds. The standard InChI is InChI=1S/C21H30N2/c1-2-5-18(6-3-1)7-4-10-22-11-13-23(14-12-22)17-21-16-19-8-9-20(21)15-19/h1-3,5-6,8-9,19-21H,4,7,10-17H2/p+2/t19-,20-,21+/m0/s1. The van der Waals surface area contributed by atoms with Crippen molar-refractivity contribution in [2.45, 2.75) is 25.7 Å². The van der Waals surface area contributed by atoms with Gasteiger partial charge in [0.05, 0.1) is 13.1 Å². The first-order valence-electron chi connectivity index (χ1n) is 9.76. The molecule has 1 heterocycles. The van der Waals surface area contributed by atoms with Gasteiger partial charge in [0.1, 0.15) is 26.2 Å². The van der Waals surface area contributed by atoms with Gasteiger partial charge in [-0.3, -0.25) is 0 Å². The van der Waals surface area contributed by atoms with Crippen LogP contribution in [-0.2, 0) is 6.42 Å². The Morgan fingerprint density at radius 1 is 0.870 bits per heavy atom. The second-order valence-electron chi connectivity index (χ2n) is 8.08. The number of benzene rings is 1. The molecule has 0 aromatic heterocycles. The van der Waals surface area contributed by atoms with E-state index < -0.39 is 0 Å². The van der Waals surface area contributed by atoms with Gasteiger partial charge in [-0.05, 0) is 36.7 Å². The summed E-state index contributed by atoms with van der Waals surface area (Å²) in [6.45, 7) is 8.39. The Morgan fingerprint density at radius 3 is 2.35 bits per heavy atom. The number of aryl methyl sites for hydroxylation is 1. The Kier molecular flexibility index (Phi) is 4.82. The SMILES string of the molecule is C1=C[C@H]2C[C@H]1C[C@@H]2C[NH+]1CC[NH+](CCCc2ccccc2)CC1. The lowest BCUT2D eigenvalue weighted by Crippen LogP contribution is -3.28. The van der Waals surface area contributed by atoms with Crippen LogP contribution in [0.25, 0.3) is 0 Å². The van der Waals surface area contributed by atoms with E-state index in [0.717, 1.165) is 17.8 Å². The lowest BCUT2D eigenvalue weighted by atomic mass is 9.93. The van der Waals surface area contributed by atoms with E-state index in [9.17, 15) is 0 Å². The minimum absolute atomic E-state index is 0.934. The number of quaternary nitrogens is 2. The average molecular weight is 313 g/mol. The summed E-state index contributed by atoms with van der Waals surface area (Å²) in [6.07, 6.45) is 10.5. The van der Waals surface area contributed by atoms with Gasteiger partial charge >= 0.3 is 0 Å². The molecular formula is C21H32N2+2. The van der Waals surface area contributed by atoms with E-state index in [1.807, 2.05) is 9.80 Å². The first-order chi connectivity index (χ1) is 11.4. The van der Waals surface area contributed by atoms with Crippen LogP contribution in [0.1, 0.15) is 24.8 Å². The van der Waals surface area contributed by atoms with Crippen LogP contribution in [0, 0.1) is 17.8 Å². The second-order valence-corrected chi connectivity index (χ2v) is 8.08. The van der Waals surface area contributed by atoms with Crippen LogP contribution in [0.4, 0.5) is 0 Å². The van der Waals surface area contributed by atoms with Crippen molar-refractivity contribution in [2.24, 2.45) is 17.8 Å². The van der Waals surface area contributed by atoms with Gasteiger partial charge in [0, 0.05) is 12.3 Å². The fourth-order valence-electron chi connectivity index (χ4n) is 5.10.